The van der Waals surface area contributed by atoms with Crippen LogP contribution in [0.5, 0.6) is 0 Å². The molecule has 0 saturated heterocycles. The number of esters is 1. The number of benzene rings is 1. The van der Waals surface area contributed by atoms with Gasteiger partial charge in [-0.05, 0) is 31.0 Å². The summed E-state index contributed by atoms with van der Waals surface area (Å²) in [5.74, 6) is 0.294. The molecule has 1 aliphatic rings. The van der Waals surface area contributed by atoms with E-state index in [1.54, 1.807) is 4.68 Å². The minimum Gasteiger partial charge on any atom is -0.462 e. The van der Waals surface area contributed by atoms with Gasteiger partial charge in [0.05, 0.1) is 12.2 Å². The van der Waals surface area contributed by atoms with Gasteiger partial charge in [-0.25, -0.2) is 9.48 Å². The Morgan fingerprint density at radius 2 is 2.29 bits per heavy atom. The fraction of sp³-hybridized carbons (Fsp3) is 0.353. The van der Waals surface area contributed by atoms with Crippen molar-refractivity contribution < 1.29 is 9.53 Å². The van der Waals surface area contributed by atoms with E-state index >= 15 is 0 Å². The molecule has 0 amide bonds. The number of carbonyl (C=O) groups is 1. The van der Waals surface area contributed by atoms with E-state index < -0.39 is 0 Å². The van der Waals surface area contributed by atoms with Gasteiger partial charge in [0.2, 0.25) is 5.95 Å². The number of ether oxygens (including phenoxy) is 1. The molecule has 24 heavy (non-hydrogen) atoms. The highest BCUT2D eigenvalue weighted by molar-refractivity contribution is 9.10. The fourth-order valence-corrected chi connectivity index (χ4v) is 3.14. The normalized spacial score (nSPS) is 16.5. The molecule has 1 N–H and O–H groups in total. The molecule has 7 heteroatoms. The van der Waals surface area contributed by atoms with Crippen LogP contribution in [0.25, 0.3) is 0 Å². The largest absolute Gasteiger partial charge is 0.462 e. The molecule has 0 radical (unpaired) electrons. The first-order valence-corrected chi connectivity index (χ1v) is 8.71. The third kappa shape index (κ3) is 3.21. The number of fused-ring (bicyclic) bond motifs is 1. The third-order valence-electron chi connectivity index (χ3n) is 3.91. The van der Waals surface area contributed by atoms with Gasteiger partial charge >= 0.3 is 5.97 Å². The first-order chi connectivity index (χ1) is 11.6. The van der Waals surface area contributed by atoms with Gasteiger partial charge in [0.25, 0.3) is 0 Å². The molecule has 0 fully saturated rings. The maximum atomic E-state index is 12.7. The third-order valence-corrected chi connectivity index (χ3v) is 4.40. The van der Waals surface area contributed by atoms with Crippen LogP contribution < -0.4 is 5.32 Å². The van der Waals surface area contributed by atoms with E-state index in [1.807, 2.05) is 31.2 Å². The molecule has 0 aliphatic carbocycles. The number of hydrogen-bond donors (Lipinski definition) is 1. The molecule has 1 aromatic heterocycles. The summed E-state index contributed by atoms with van der Waals surface area (Å²) in [5, 5.41) is 7.43. The topological polar surface area (TPSA) is 69.0 Å². The highest BCUT2D eigenvalue weighted by Gasteiger charge is 2.34. The summed E-state index contributed by atoms with van der Waals surface area (Å²) in [7, 11) is 0. The summed E-state index contributed by atoms with van der Waals surface area (Å²) < 4.78 is 8.11. The van der Waals surface area contributed by atoms with Crippen LogP contribution in [-0.2, 0) is 9.53 Å². The Kier molecular flexibility index (Phi) is 4.99. The molecular weight excluding hydrogens is 372 g/mol. The van der Waals surface area contributed by atoms with E-state index in [-0.39, 0.29) is 12.0 Å². The van der Waals surface area contributed by atoms with E-state index in [4.69, 9.17) is 4.74 Å². The second-order valence-corrected chi connectivity index (χ2v) is 6.55. The van der Waals surface area contributed by atoms with Crippen molar-refractivity contribution in [2.24, 2.45) is 0 Å². The quantitative estimate of drug-likeness (QED) is 0.622. The van der Waals surface area contributed by atoms with Gasteiger partial charge in [0.15, 0.2) is 0 Å². The molecule has 6 nitrogen and oxygen atoms in total. The molecule has 1 aliphatic heterocycles. The zero-order valence-electron chi connectivity index (χ0n) is 13.6. The zero-order valence-corrected chi connectivity index (χ0v) is 15.2. The predicted octanol–water partition coefficient (Wildman–Crippen LogP) is 3.67. The van der Waals surface area contributed by atoms with Crippen molar-refractivity contribution in [1.29, 1.82) is 0 Å². The van der Waals surface area contributed by atoms with E-state index in [0.29, 0.717) is 18.1 Å². The second-order valence-electron chi connectivity index (χ2n) is 5.64. The van der Waals surface area contributed by atoms with E-state index in [0.717, 1.165) is 28.6 Å². The highest BCUT2D eigenvalue weighted by Crippen LogP contribution is 2.35. The summed E-state index contributed by atoms with van der Waals surface area (Å²) in [6.45, 7) is 4.34. The Hall–Kier alpha value is -2.15. The number of allylic oxidation sites excluding steroid dienone is 1. The van der Waals surface area contributed by atoms with Crippen LogP contribution in [0.4, 0.5) is 5.95 Å². The van der Waals surface area contributed by atoms with Gasteiger partial charge in [-0.3, -0.25) is 0 Å². The van der Waals surface area contributed by atoms with Crippen molar-refractivity contribution in [2.75, 3.05) is 11.9 Å². The standard InChI is InChI=1S/C17H19BrN4O2/c1-3-4-8-24-16(23)14-11(2)21-17-19-10-20-22(17)15(14)12-6-5-7-13(18)9-12/h5-7,9-10,15H,3-4,8H2,1-2H3,(H,19,20,21)/t15-/m0/s1. The molecule has 126 valence electrons. The van der Waals surface area contributed by atoms with E-state index in [2.05, 4.69) is 38.3 Å². The average Bonchev–Trinajstić information content (AvgIpc) is 3.01. The fourth-order valence-electron chi connectivity index (χ4n) is 2.73. The van der Waals surface area contributed by atoms with Crippen LogP contribution in [-0.4, -0.2) is 27.3 Å². The van der Waals surface area contributed by atoms with Crippen LogP contribution in [0.15, 0.2) is 46.3 Å². The van der Waals surface area contributed by atoms with Crippen molar-refractivity contribution in [3.05, 3.63) is 51.9 Å². The number of anilines is 1. The smallest absolute Gasteiger partial charge is 0.338 e. The molecule has 0 unspecified atom stereocenters. The Morgan fingerprint density at radius 1 is 1.46 bits per heavy atom. The molecule has 1 atom stereocenters. The summed E-state index contributed by atoms with van der Waals surface area (Å²) in [4.78, 5) is 16.9. The Labute approximate surface area is 149 Å². The molecule has 3 rings (SSSR count). The van der Waals surface area contributed by atoms with Crippen LogP contribution in [0.2, 0.25) is 0 Å². The summed E-state index contributed by atoms with van der Waals surface area (Å²) >= 11 is 3.49. The highest BCUT2D eigenvalue weighted by atomic mass is 79.9. The number of nitrogens with one attached hydrogen (secondary N) is 1. The van der Waals surface area contributed by atoms with Crippen LogP contribution in [0, 0.1) is 0 Å². The van der Waals surface area contributed by atoms with E-state index in [9.17, 15) is 4.79 Å². The molecule has 2 heterocycles. The van der Waals surface area contributed by atoms with Crippen LogP contribution >= 0.6 is 15.9 Å². The van der Waals surface area contributed by atoms with Crippen molar-refractivity contribution >= 4 is 27.8 Å². The molecule has 0 saturated carbocycles. The van der Waals surface area contributed by atoms with Crippen molar-refractivity contribution in [3.63, 3.8) is 0 Å². The number of halogens is 1. The lowest BCUT2D eigenvalue weighted by molar-refractivity contribution is -0.139. The maximum Gasteiger partial charge on any atom is 0.338 e. The number of rotatable bonds is 5. The SMILES string of the molecule is CCCCOC(=O)C1=C(C)Nc2ncnn2[C@H]1c1cccc(Br)c1. The molecule has 0 bridgehead atoms. The Bertz CT molecular complexity index is 784. The van der Waals surface area contributed by atoms with E-state index in [1.165, 1.54) is 6.33 Å². The summed E-state index contributed by atoms with van der Waals surface area (Å²) in [6.07, 6.45) is 3.30. The van der Waals surface area contributed by atoms with Gasteiger partial charge in [0, 0.05) is 10.2 Å². The van der Waals surface area contributed by atoms with Gasteiger partial charge < -0.3 is 10.1 Å². The lowest BCUT2D eigenvalue weighted by Crippen LogP contribution is -2.29. The summed E-state index contributed by atoms with van der Waals surface area (Å²) in [5.41, 5.74) is 2.24. The maximum absolute atomic E-state index is 12.7. The predicted molar refractivity (Wildman–Crippen MR) is 94.5 cm³/mol. The molecule has 0 spiro atoms. The van der Waals surface area contributed by atoms with Crippen molar-refractivity contribution in [3.8, 4) is 0 Å². The van der Waals surface area contributed by atoms with Crippen LogP contribution in [0.1, 0.15) is 38.3 Å². The van der Waals surface area contributed by atoms with Crippen molar-refractivity contribution in [1.82, 2.24) is 14.8 Å². The Balaban J connectivity index is 2.02. The number of nitrogens with zero attached hydrogens (tertiary/aromatic N) is 3. The monoisotopic (exact) mass is 390 g/mol. The molecular formula is C17H19BrN4O2. The van der Waals surface area contributed by atoms with Crippen molar-refractivity contribution in [2.45, 2.75) is 32.7 Å². The second kappa shape index (κ2) is 7.17. The average molecular weight is 391 g/mol. The van der Waals surface area contributed by atoms with Gasteiger partial charge in [-0.15, -0.1) is 0 Å². The first kappa shape index (κ1) is 16.7. The van der Waals surface area contributed by atoms with Gasteiger partial charge in [-0.1, -0.05) is 41.4 Å². The lowest BCUT2D eigenvalue weighted by atomic mass is 9.96. The van der Waals surface area contributed by atoms with Gasteiger partial charge in [-0.2, -0.15) is 10.1 Å². The summed E-state index contributed by atoms with van der Waals surface area (Å²) in [6, 6.07) is 7.47. The molecule has 2 aromatic rings. The lowest BCUT2D eigenvalue weighted by Gasteiger charge is -2.28. The number of hydrogen-bond acceptors (Lipinski definition) is 5. The minimum atomic E-state index is -0.365. The first-order valence-electron chi connectivity index (χ1n) is 7.91. The Morgan fingerprint density at radius 3 is 3.04 bits per heavy atom. The number of carbonyl (C=O) groups excluding carboxylic acids is 1. The van der Waals surface area contributed by atoms with Gasteiger partial charge in [0.1, 0.15) is 12.4 Å². The molecule has 1 aromatic carbocycles. The number of aromatic nitrogens is 3. The zero-order chi connectivity index (χ0) is 17.1. The van der Waals surface area contributed by atoms with Crippen LogP contribution in [0.3, 0.4) is 0 Å². The number of unbranched alkanes of at least 4 members (excludes halogenated alkanes) is 1. The minimum absolute atomic E-state index is 0.320.